The zero-order chi connectivity index (χ0) is 8.77. The van der Waals surface area contributed by atoms with Crippen LogP contribution in [-0.2, 0) is 9.84 Å². The van der Waals surface area contributed by atoms with Gasteiger partial charge in [0.1, 0.15) is 0 Å². The fourth-order valence-electron chi connectivity index (χ4n) is 2.26. The first-order valence-corrected chi connectivity index (χ1v) is 6.37. The molecule has 0 spiro atoms. The molecule has 1 aliphatic heterocycles. The Labute approximate surface area is 73.2 Å². The Balaban J connectivity index is 2.08. The normalized spacial score (nSPS) is 41.1. The predicted molar refractivity (Wildman–Crippen MR) is 47.5 cm³/mol. The van der Waals surface area contributed by atoms with Gasteiger partial charge in [0.2, 0.25) is 0 Å². The van der Waals surface area contributed by atoms with Crippen LogP contribution in [0, 0.1) is 11.8 Å². The van der Waals surface area contributed by atoms with Crippen molar-refractivity contribution in [1.82, 2.24) is 0 Å². The molecule has 2 N–H and O–H groups in total. The fourth-order valence-corrected chi connectivity index (χ4v) is 4.33. The summed E-state index contributed by atoms with van der Waals surface area (Å²) in [5, 5.41) is 0. The molecule has 0 amide bonds. The zero-order valence-electron chi connectivity index (χ0n) is 7.07. The zero-order valence-corrected chi connectivity index (χ0v) is 7.89. The van der Waals surface area contributed by atoms with Gasteiger partial charge in [-0.1, -0.05) is 19.3 Å². The maximum absolute atomic E-state index is 11.2. The molecular formula is C8H15NO2S. The van der Waals surface area contributed by atoms with Gasteiger partial charge < -0.3 is 5.73 Å². The van der Waals surface area contributed by atoms with Gasteiger partial charge in [-0.25, -0.2) is 8.42 Å². The van der Waals surface area contributed by atoms with E-state index in [0.717, 1.165) is 0 Å². The van der Waals surface area contributed by atoms with Crippen LogP contribution in [0.5, 0.6) is 0 Å². The molecule has 2 unspecified atom stereocenters. The predicted octanol–water partition coefficient (Wildman–Crippen LogP) is 0.158. The van der Waals surface area contributed by atoms with Crippen LogP contribution in [-0.4, -0.2) is 26.0 Å². The maximum Gasteiger partial charge on any atom is 0.152 e. The average molecular weight is 189 g/mol. The lowest BCUT2D eigenvalue weighted by atomic mass is 9.74. The van der Waals surface area contributed by atoms with Gasteiger partial charge in [-0.05, 0) is 11.8 Å². The maximum atomic E-state index is 11.2. The van der Waals surface area contributed by atoms with E-state index in [1.165, 1.54) is 19.3 Å². The van der Waals surface area contributed by atoms with Crippen LogP contribution in [0.3, 0.4) is 0 Å². The van der Waals surface area contributed by atoms with Crippen molar-refractivity contribution in [3.8, 4) is 0 Å². The highest BCUT2D eigenvalue weighted by Crippen LogP contribution is 2.38. The molecular weight excluding hydrogens is 174 g/mol. The average Bonchev–Trinajstić information content (AvgIpc) is 2.01. The fraction of sp³-hybridized carbons (Fsp3) is 1.00. The van der Waals surface area contributed by atoms with E-state index in [9.17, 15) is 8.42 Å². The number of hydrogen-bond acceptors (Lipinski definition) is 3. The van der Waals surface area contributed by atoms with E-state index in [1.54, 1.807) is 0 Å². The summed E-state index contributed by atoms with van der Waals surface area (Å²) in [4.78, 5) is 0. The van der Waals surface area contributed by atoms with Crippen LogP contribution in [0.15, 0.2) is 0 Å². The van der Waals surface area contributed by atoms with Gasteiger partial charge in [0.15, 0.2) is 9.84 Å². The van der Waals surface area contributed by atoms with Crippen molar-refractivity contribution in [1.29, 1.82) is 0 Å². The van der Waals surface area contributed by atoms with Crippen LogP contribution in [0.2, 0.25) is 0 Å². The van der Waals surface area contributed by atoms with E-state index in [4.69, 9.17) is 5.73 Å². The molecule has 3 nitrogen and oxygen atoms in total. The molecule has 12 heavy (non-hydrogen) atoms. The van der Waals surface area contributed by atoms with Crippen molar-refractivity contribution in [2.24, 2.45) is 17.6 Å². The molecule has 1 saturated carbocycles. The van der Waals surface area contributed by atoms with Crippen LogP contribution in [0.1, 0.15) is 19.3 Å². The summed E-state index contributed by atoms with van der Waals surface area (Å²) in [6, 6.07) is -0.0831. The summed E-state index contributed by atoms with van der Waals surface area (Å²) in [6.45, 7) is 0. The van der Waals surface area contributed by atoms with Gasteiger partial charge in [-0.2, -0.15) is 0 Å². The molecule has 2 aliphatic rings. The quantitative estimate of drug-likeness (QED) is 0.639. The molecule has 70 valence electrons. The summed E-state index contributed by atoms with van der Waals surface area (Å²) in [7, 11) is -2.79. The minimum absolute atomic E-state index is 0.0831. The standard InChI is InChI=1S/C8H15NO2S/c9-8-5-12(10,11)4-7(8)6-2-1-3-6/h6-8H,1-5,9H2. The number of rotatable bonds is 1. The first-order chi connectivity index (χ1) is 5.58. The second kappa shape index (κ2) is 2.70. The van der Waals surface area contributed by atoms with Crippen LogP contribution in [0.25, 0.3) is 0 Å². The van der Waals surface area contributed by atoms with E-state index in [-0.39, 0.29) is 17.7 Å². The van der Waals surface area contributed by atoms with Gasteiger partial charge in [0.25, 0.3) is 0 Å². The summed E-state index contributed by atoms with van der Waals surface area (Å²) < 4.78 is 22.4. The van der Waals surface area contributed by atoms with E-state index in [1.807, 2.05) is 0 Å². The molecule has 1 saturated heterocycles. The molecule has 0 bridgehead atoms. The minimum Gasteiger partial charge on any atom is -0.326 e. The number of sulfone groups is 1. The van der Waals surface area contributed by atoms with E-state index in [0.29, 0.717) is 11.7 Å². The molecule has 1 aliphatic carbocycles. The summed E-state index contributed by atoms with van der Waals surface area (Å²) in [5.41, 5.74) is 5.79. The second-order valence-electron chi connectivity index (χ2n) is 4.10. The van der Waals surface area contributed by atoms with Crippen LogP contribution < -0.4 is 5.73 Å². The highest BCUT2D eigenvalue weighted by atomic mass is 32.2. The second-order valence-corrected chi connectivity index (χ2v) is 6.25. The van der Waals surface area contributed by atoms with Crippen molar-refractivity contribution < 1.29 is 8.42 Å². The SMILES string of the molecule is NC1CS(=O)(=O)CC1C1CCC1. The number of hydrogen-bond donors (Lipinski definition) is 1. The van der Waals surface area contributed by atoms with Crippen molar-refractivity contribution in [3.63, 3.8) is 0 Å². The lowest BCUT2D eigenvalue weighted by Gasteiger charge is -2.32. The lowest BCUT2D eigenvalue weighted by Crippen LogP contribution is -2.36. The van der Waals surface area contributed by atoms with Crippen LogP contribution in [0.4, 0.5) is 0 Å². The highest BCUT2D eigenvalue weighted by Gasteiger charge is 2.41. The number of nitrogens with two attached hydrogens (primary N) is 1. The first kappa shape index (κ1) is 8.51. The van der Waals surface area contributed by atoms with Gasteiger partial charge in [0, 0.05) is 6.04 Å². The Morgan fingerprint density at radius 3 is 2.17 bits per heavy atom. The van der Waals surface area contributed by atoms with E-state index in [2.05, 4.69) is 0 Å². The first-order valence-electron chi connectivity index (χ1n) is 4.54. The molecule has 2 rings (SSSR count). The summed E-state index contributed by atoms with van der Waals surface area (Å²) >= 11 is 0. The van der Waals surface area contributed by atoms with Crippen molar-refractivity contribution in [2.75, 3.05) is 11.5 Å². The molecule has 1 heterocycles. The van der Waals surface area contributed by atoms with Crippen molar-refractivity contribution >= 4 is 9.84 Å². The van der Waals surface area contributed by atoms with Crippen molar-refractivity contribution in [3.05, 3.63) is 0 Å². The Hall–Kier alpha value is -0.0900. The Morgan fingerprint density at radius 2 is 1.83 bits per heavy atom. The molecule has 0 radical (unpaired) electrons. The van der Waals surface area contributed by atoms with Gasteiger partial charge >= 0.3 is 0 Å². The molecule has 0 aromatic carbocycles. The van der Waals surface area contributed by atoms with E-state index < -0.39 is 9.84 Å². The van der Waals surface area contributed by atoms with Gasteiger partial charge in [-0.3, -0.25) is 0 Å². The minimum atomic E-state index is -2.79. The molecule has 4 heteroatoms. The van der Waals surface area contributed by atoms with Gasteiger partial charge in [0.05, 0.1) is 11.5 Å². The van der Waals surface area contributed by atoms with Crippen molar-refractivity contribution in [2.45, 2.75) is 25.3 Å². The monoisotopic (exact) mass is 189 g/mol. The smallest absolute Gasteiger partial charge is 0.152 e. The van der Waals surface area contributed by atoms with Crippen LogP contribution >= 0.6 is 0 Å². The third-order valence-corrected chi connectivity index (χ3v) is 4.98. The van der Waals surface area contributed by atoms with Gasteiger partial charge in [-0.15, -0.1) is 0 Å². The molecule has 0 aromatic heterocycles. The highest BCUT2D eigenvalue weighted by molar-refractivity contribution is 7.91. The Morgan fingerprint density at radius 1 is 1.17 bits per heavy atom. The third-order valence-electron chi connectivity index (χ3n) is 3.20. The Kier molecular flexibility index (Phi) is 1.92. The molecule has 0 aromatic rings. The lowest BCUT2D eigenvalue weighted by molar-refractivity contribution is 0.209. The summed E-state index contributed by atoms with van der Waals surface area (Å²) in [5.74, 6) is 1.44. The largest absolute Gasteiger partial charge is 0.326 e. The summed E-state index contributed by atoms with van der Waals surface area (Å²) in [6.07, 6.45) is 3.63. The third kappa shape index (κ3) is 1.38. The topological polar surface area (TPSA) is 60.2 Å². The molecule has 2 atom stereocenters. The molecule has 2 fully saturated rings. The Bertz CT molecular complexity index is 269. The van der Waals surface area contributed by atoms with E-state index >= 15 is 0 Å².